The molecule has 1 unspecified atom stereocenters. The Morgan fingerprint density at radius 1 is 1.45 bits per heavy atom. The predicted octanol–water partition coefficient (Wildman–Crippen LogP) is 1.74. The highest BCUT2D eigenvalue weighted by atomic mass is 32.1. The number of nitrogens with one attached hydrogen (secondary N) is 2. The quantitative estimate of drug-likeness (QED) is 0.790. The van der Waals surface area contributed by atoms with Crippen molar-refractivity contribution in [2.45, 2.75) is 31.3 Å². The van der Waals surface area contributed by atoms with Crippen LogP contribution in [0.15, 0.2) is 17.5 Å². The smallest absolute Gasteiger partial charge is 0.331 e. The van der Waals surface area contributed by atoms with Crippen molar-refractivity contribution >= 4 is 23.3 Å². The molecule has 0 aliphatic carbocycles. The van der Waals surface area contributed by atoms with Gasteiger partial charge in [0, 0.05) is 23.6 Å². The van der Waals surface area contributed by atoms with Crippen molar-refractivity contribution in [3.05, 3.63) is 22.4 Å². The number of hydrogen-bond acceptors (Lipinski definition) is 4. The minimum atomic E-state index is -1.07. The van der Waals surface area contributed by atoms with Crippen molar-refractivity contribution in [1.29, 1.82) is 0 Å². The summed E-state index contributed by atoms with van der Waals surface area (Å²) in [5.74, 6) is -1.07. The first-order valence-electron chi connectivity index (χ1n) is 6.43. The molecule has 20 heavy (non-hydrogen) atoms. The summed E-state index contributed by atoms with van der Waals surface area (Å²) in [6, 6.07) is 1.98. The van der Waals surface area contributed by atoms with E-state index in [9.17, 15) is 14.7 Å². The summed E-state index contributed by atoms with van der Waals surface area (Å²) in [4.78, 5) is 23.9. The van der Waals surface area contributed by atoms with Gasteiger partial charge in [-0.25, -0.2) is 9.59 Å². The number of carbonyl (C=O) groups is 2. The Kier molecular flexibility index (Phi) is 4.61. The molecule has 0 bridgehead atoms. The van der Waals surface area contributed by atoms with Crippen LogP contribution in [0.3, 0.4) is 0 Å². The lowest BCUT2D eigenvalue weighted by molar-refractivity contribution is -0.139. The maximum Gasteiger partial charge on any atom is 0.331 e. The lowest BCUT2D eigenvalue weighted by Gasteiger charge is -2.34. The van der Waals surface area contributed by atoms with Gasteiger partial charge in [0.05, 0.1) is 0 Å². The largest absolute Gasteiger partial charge is 0.479 e. The van der Waals surface area contributed by atoms with E-state index in [1.54, 1.807) is 17.5 Å². The maximum atomic E-state index is 12.0. The summed E-state index contributed by atoms with van der Waals surface area (Å²) in [6.07, 6.45) is 1.44. The summed E-state index contributed by atoms with van der Waals surface area (Å²) in [7, 11) is 0. The number of urea groups is 1. The summed E-state index contributed by atoms with van der Waals surface area (Å²) in [5.41, 5.74) is -0.346. The van der Waals surface area contributed by atoms with Crippen LogP contribution in [0.4, 0.5) is 4.79 Å². The topological polar surface area (TPSA) is 87.7 Å². The number of carbonyl (C=O) groups excluding carboxylic acids is 1. The fourth-order valence-corrected chi connectivity index (χ4v) is 2.87. The van der Waals surface area contributed by atoms with Crippen LogP contribution < -0.4 is 10.6 Å². The molecule has 0 radical (unpaired) electrons. The van der Waals surface area contributed by atoms with E-state index in [0.717, 1.165) is 12.8 Å². The maximum absolute atomic E-state index is 12.0. The van der Waals surface area contributed by atoms with Gasteiger partial charge in [-0.1, -0.05) is 6.07 Å². The van der Waals surface area contributed by atoms with Gasteiger partial charge in [-0.3, -0.25) is 0 Å². The van der Waals surface area contributed by atoms with E-state index >= 15 is 0 Å². The van der Waals surface area contributed by atoms with Gasteiger partial charge in [0.15, 0.2) is 6.04 Å². The molecule has 1 atom stereocenters. The average molecular weight is 298 g/mol. The molecule has 2 heterocycles. The van der Waals surface area contributed by atoms with Crippen molar-refractivity contribution in [2.24, 2.45) is 0 Å². The molecule has 1 aromatic rings. The van der Waals surface area contributed by atoms with Gasteiger partial charge in [0.1, 0.15) is 0 Å². The van der Waals surface area contributed by atoms with Crippen LogP contribution in [0.25, 0.3) is 0 Å². The average Bonchev–Trinajstić information content (AvgIpc) is 2.89. The molecule has 1 fully saturated rings. The van der Waals surface area contributed by atoms with Crippen LogP contribution in [0.1, 0.15) is 30.7 Å². The van der Waals surface area contributed by atoms with Crippen molar-refractivity contribution in [2.75, 3.05) is 13.2 Å². The Labute approximate surface area is 121 Å². The molecule has 1 saturated heterocycles. The normalized spacial score (nSPS) is 19.1. The SMILES string of the molecule is CC1(NC(=O)NC(C(=O)O)c2cccs2)CCOCC1. The molecule has 7 heteroatoms. The van der Waals surface area contributed by atoms with E-state index < -0.39 is 18.0 Å². The van der Waals surface area contributed by atoms with Crippen LogP contribution in [0.2, 0.25) is 0 Å². The van der Waals surface area contributed by atoms with Crippen molar-refractivity contribution in [3.8, 4) is 0 Å². The van der Waals surface area contributed by atoms with Gasteiger partial charge >= 0.3 is 12.0 Å². The third-order valence-corrected chi connectivity index (χ3v) is 4.30. The Morgan fingerprint density at radius 2 is 2.15 bits per heavy atom. The molecule has 0 saturated carbocycles. The molecule has 3 N–H and O–H groups in total. The minimum Gasteiger partial charge on any atom is -0.479 e. The number of carboxylic acids is 1. The van der Waals surface area contributed by atoms with E-state index in [0.29, 0.717) is 18.1 Å². The van der Waals surface area contributed by atoms with E-state index in [4.69, 9.17) is 4.74 Å². The molecule has 1 aliphatic heterocycles. The molecule has 1 aromatic heterocycles. The molecule has 0 aromatic carbocycles. The van der Waals surface area contributed by atoms with Gasteiger partial charge in [-0.15, -0.1) is 11.3 Å². The molecular formula is C13H18N2O4S. The number of rotatable bonds is 4. The summed E-state index contributed by atoms with van der Waals surface area (Å²) >= 11 is 1.30. The Morgan fingerprint density at radius 3 is 2.70 bits per heavy atom. The fourth-order valence-electron chi connectivity index (χ4n) is 2.10. The van der Waals surface area contributed by atoms with E-state index in [-0.39, 0.29) is 5.54 Å². The number of ether oxygens (including phenoxy) is 1. The third kappa shape index (κ3) is 3.71. The lowest BCUT2D eigenvalue weighted by Crippen LogP contribution is -2.54. The first-order valence-corrected chi connectivity index (χ1v) is 7.31. The zero-order valence-electron chi connectivity index (χ0n) is 11.2. The number of aliphatic carboxylic acids is 1. The second-order valence-corrected chi connectivity index (χ2v) is 6.04. The molecular weight excluding hydrogens is 280 g/mol. The van der Waals surface area contributed by atoms with E-state index in [1.165, 1.54) is 11.3 Å². The molecule has 2 rings (SSSR count). The van der Waals surface area contributed by atoms with E-state index in [1.807, 2.05) is 6.92 Å². The fraction of sp³-hybridized carbons (Fsp3) is 0.538. The monoisotopic (exact) mass is 298 g/mol. The highest BCUT2D eigenvalue weighted by molar-refractivity contribution is 7.10. The lowest BCUT2D eigenvalue weighted by atomic mass is 9.93. The van der Waals surface area contributed by atoms with Crippen LogP contribution in [0.5, 0.6) is 0 Å². The van der Waals surface area contributed by atoms with Crippen molar-refractivity contribution < 1.29 is 19.4 Å². The van der Waals surface area contributed by atoms with Gasteiger partial charge in [-0.2, -0.15) is 0 Å². The summed E-state index contributed by atoms with van der Waals surface area (Å²) in [5, 5.41) is 16.4. The number of thiophene rings is 1. The molecule has 0 spiro atoms. The Balaban J connectivity index is 1.97. The third-order valence-electron chi connectivity index (χ3n) is 3.36. The summed E-state index contributed by atoms with van der Waals surface area (Å²) in [6.45, 7) is 3.14. The van der Waals surface area contributed by atoms with Gasteiger partial charge in [0.25, 0.3) is 0 Å². The Hall–Kier alpha value is -1.60. The van der Waals surface area contributed by atoms with E-state index in [2.05, 4.69) is 10.6 Å². The molecule has 2 amide bonds. The second-order valence-electron chi connectivity index (χ2n) is 5.06. The molecule has 6 nitrogen and oxygen atoms in total. The second kappa shape index (κ2) is 6.23. The Bertz CT molecular complexity index is 469. The van der Waals surface area contributed by atoms with Crippen molar-refractivity contribution in [3.63, 3.8) is 0 Å². The number of hydrogen-bond donors (Lipinski definition) is 3. The van der Waals surface area contributed by atoms with Crippen molar-refractivity contribution in [1.82, 2.24) is 10.6 Å². The highest BCUT2D eigenvalue weighted by Gasteiger charge is 2.31. The van der Waals surface area contributed by atoms with Crippen LogP contribution in [-0.4, -0.2) is 35.9 Å². The molecule has 110 valence electrons. The first kappa shape index (κ1) is 14.8. The number of amides is 2. The van der Waals surface area contributed by atoms with Gasteiger partial charge in [0.2, 0.25) is 0 Å². The van der Waals surface area contributed by atoms with Crippen LogP contribution in [-0.2, 0) is 9.53 Å². The predicted molar refractivity (Wildman–Crippen MR) is 74.8 cm³/mol. The standard InChI is InChI=1S/C13H18N2O4S/c1-13(4-6-19-7-5-13)15-12(18)14-10(11(16)17)9-3-2-8-20-9/h2-3,8,10H,4-7H2,1H3,(H,16,17)(H2,14,15,18). The van der Waals surface area contributed by atoms with Gasteiger partial charge < -0.3 is 20.5 Å². The zero-order chi connectivity index (χ0) is 14.6. The highest BCUT2D eigenvalue weighted by Crippen LogP contribution is 2.21. The molecule has 1 aliphatic rings. The number of carboxylic acid groups (broad SMARTS) is 1. The van der Waals surface area contributed by atoms with Crippen LogP contribution in [0, 0.1) is 0 Å². The minimum absolute atomic E-state index is 0.346. The van der Waals surface area contributed by atoms with Gasteiger partial charge in [-0.05, 0) is 31.2 Å². The first-order chi connectivity index (χ1) is 9.50. The van der Waals surface area contributed by atoms with Crippen LogP contribution >= 0.6 is 11.3 Å². The summed E-state index contributed by atoms with van der Waals surface area (Å²) < 4.78 is 5.26. The zero-order valence-corrected chi connectivity index (χ0v) is 12.0.